The fourth-order valence-electron chi connectivity index (χ4n) is 2.27. The fourth-order valence-corrected chi connectivity index (χ4v) is 2.61. The summed E-state index contributed by atoms with van der Waals surface area (Å²) in [7, 11) is 0. The molecule has 1 aliphatic rings. The zero-order valence-corrected chi connectivity index (χ0v) is 13.0. The van der Waals surface area contributed by atoms with Crippen molar-refractivity contribution >= 4 is 17.5 Å². The van der Waals surface area contributed by atoms with Gasteiger partial charge in [0.1, 0.15) is 0 Å². The van der Waals surface area contributed by atoms with Crippen LogP contribution in [0.5, 0.6) is 0 Å². The van der Waals surface area contributed by atoms with Crippen molar-refractivity contribution in [2.45, 2.75) is 44.6 Å². The van der Waals surface area contributed by atoms with Crippen molar-refractivity contribution in [3.8, 4) is 0 Å². The Morgan fingerprint density at radius 2 is 2.19 bits per heavy atom. The van der Waals surface area contributed by atoms with Crippen molar-refractivity contribution in [1.29, 1.82) is 0 Å². The quantitative estimate of drug-likeness (QED) is 0.822. The molecule has 0 spiro atoms. The van der Waals surface area contributed by atoms with Crippen LogP contribution in [0.2, 0.25) is 0 Å². The average Bonchev–Trinajstić information content (AvgIpc) is 2.54. The van der Waals surface area contributed by atoms with Crippen LogP contribution in [0.4, 0.5) is 0 Å². The first-order valence-corrected chi connectivity index (χ1v) is 7.93. The number of ether oxygens (including phenoxy) is 2. The molecule has 1 aromatic rings. The van der Waals surface area contributed by atoms with Crippen LogP contribution in [0.1, 0.15) is 36.5 Å². The Hall–Kier alpha value is -1.10. The Bertz CT molecular complexity index is 434. The summed E-state index contributed by atoms with van der Waals surface area (Å²) in [6, 6.07) is 8.94. The monoisotopic (exact) mass is 311 g/mol. The number of hydrogen-bond acceptors (Lipinski definition) is 3. The van der Waals surface area contributed by atoms with E-state index in [0.717, 1.165) is 25.9 Å². The third-order valence-electron chi connectivity index (χ3n) is 3.57. The lowest BCUT2D eigenvalue weighted by Crippen LogP contribution is -2.45. The molecule has 2 rings (SSSR count). The summed E-state index contributed by atoms with van der Waals surface area (Å²) < 4.78 is 11.4. The molecule has 1 heterocycles. The van der Waals surface area contributed by atoms with Gasteiger partial charge in [0.15, 0.2) is 6.29 Å². The van der Waals surface area contributed by atoms with Gasteiger partial charge >= 0.3 is 0 Å². The third kappa shape index (κ3) is 4.99. The molecule has 4 nitrogen and oxygen atoms in total. The second-order valence-electron chi connectivity index (χ2n) is 5.25. The van der Waals surface area contributed by atoms with Crippen LogP contribution in [0.3, 0.4) is 0 Å². The Labute approximate surface area is 130 Å². The van der Waals surface area contributed by atoms with E-state index in [0.29, 0.717) is 11.4 Å². The number of carbonyl (C=O) groups excluding carboxylic acids is 1. The molecule has 1 fully saturated rings. The molecule has 0 saturated carbocycles. The van der Waals surface area contributed by atoms with E-state index in [-0.39, 0.29) is 24.3 Å². The van der Waals surface area contributed by atoms with E-state index < -0.39 is 0 Å². The SMILES string of the molecule is CC(NC(=O)c1ccccc1)[C@@H](CCl)OC1CCCCO1. The van der Waals surface area contributed by atoms with Crippen LogP contribution < -0.4 is 5.32 Å². The molecule has 2 unspecified atom stereocenters. The van der Waals surface area contributed by atoms with Gasteiger partial charge in [0.2, 0.25) is 0 Å². The summed E-state index contributed by atoms with van der Waals surface area (Å²) >= 11 is 5.98. The molecule has 1 amide bonds. The molecular weight excluding hydrogens is 290 g/mol. The first-order chi connectivity index (χ1) is 10.2. The predicted molar refractivity (Wildman–Crippen MR) is 82.6 cm³/mol. The molecule has 1 aliphatic heterocycles. The second-order valence-corrected chi connectivity index (χ2v) is 5.56. The first-order valence-electron chi connectivity index (χ1n) is 7.39. The molecule has 0 bridgehead atoms. The third-order valence-corrected chi connectivity index (χ3v) is 3.87. The zero-order chi connectivity index (χ0) is 15.1. The van der Waals surface area contributed by atoms with Gasteiger partial charge in [-0.25, -0.2) is 0 Å². The molecule has 0 aliphatic carbocycles. The molecule has 1 aromatic carbocycles. The average molecular weight is 312 g/mol. The summed E-state index contributed by atoms with van der Waals surface area (Å²) in [6.07, 6.45) is 2.59. The maximum Gasteiger partial charge on any atom is 0.251 e. The lowest BCUT2D eigenvalue weighted by molar-refractivity contribution is -0.187. The van der Waals surface area contributed by atoms with E-state index in [1.165, 1.54) is 0 Å². The van der Waals surface area contributed by atoms with Crippen molar-refractivity contribution in [3.63, 3.8) is 0 Å². The van der Waals surface area contributed by atoms with Gasteiger partial charge in [-0.05, 0) is 38.3 Å². The van der Waals surface area contributed by atoms with Gasteiger partial charge in [-0.1, -0.05) is 18.2 Å². The highest BCUT2D eigenvalue weighted by Gasteiger charge is 2.25. The standard InChI is InChI=1S/C16H22ClNO3/c1-12(18-16(19)13-7-3-2-4-8-13)14(11-17)21-15-9-5-6-10-20-15/h2-4,7-8,12,14-15H,5-6,9-11H2,1H3,(H,18,19)/t12?,14-,15?/m1/s1. The van der Waals surface area contributed by atoms with Gasteiger partial charge in [0, 0.05) is 12.2 Å². The Morgan fingerprint density at radius 3 is 2.81 bits per heavy atom. The van der Waals surface area contributed by atoms with Gasteiger partial charge < -0.3 is 14.8 Å². The van der Waals surface area contributed by atoms with Gasteiger partial charge in [0.05, 0.1) is 18.0 Å². The molecule has 3 atom stereocenters. The molecule has 116 valence electrons. The predicted octanol–water partition coefficient (Wildman–Crippen LogP) is 2.96. The van der Waals surface area contributed by atoms with Gasteiger partial charge in [-0.15, -0.1) is 11.6 Å². The van der Waals surface area contributed by atoms with Crippen LogP contribution in [0, 0.1) is 0 Å². The van der Waals surface area contributed by atoms with Crippen molar-refractivity contribution in [2.24, 2.45) is 0 Å². The summed E-state index contributed by atoms with van der Waals surface area (Å²) in [5.74, 6) is 0.196. The van der Waals surface area contributed by atoms with E-state index in [2.05, 4.69) is 5.32 Å². The van der Waals surface area contributed by atoms with Gasteiger partial charge in [-0.3, -0.25) is 4.79 Å². The molecule has 0 aromatic heterocycles. The van der Waals surface area contributed by atoms with Crippen molar-refractivity contribution in [3.05, 3.63) is 35.9 Å². The molecule has 1 saturated heterocycles. The Kier molecular flexibility index (Phi) is 6.49. The van der Waals surface area contributed by atoms with E-state index in [1.807, 2.05) is 25.1 Å². The lowest BCUT2D eigenvalue weighted by atomic mass is 10.1. The van der Waals surface area contributed by atoms with Crippen LogP contribution in [-0.4, -0.2) is 36.8 Å². The molecule has 5 heteroatoms. The van der Waals surface area contributed by atoms with E-state index in [4.69, 9.17) is 21.1 Å². The number of carbonyl (C=O) groups is 1. The van der Waals surface area contributed by atoms with Crippen molar-refractivity contribution in [1.82, 2.24) is 5.32 Å². The molecule has 1 N–H and O–H groups in total. The van der Waals surface area contributed by atoms with Crippen LogP contribution in [0.25, 0.3) is 0 Å². The molecule has 21 heavy (non-hydrogen) atoms. The van der Waals surface area contributed by atoms with Gasteiger partial charge in [0.25, 0.3) is 5.91 Å². The largest absolute Gasteiger partial charge is 0.353 e. The van der Waals surface area contributed by atoms with Crippen molar-refractivity contribution in [2.75, 3.05) is 12.5 Å². The second kappa shape index (κ2) is 8.37. The number of benzene rings is 1. The van der Waals surface area contributed by atoms with Gasteiger partial charge in [-0.2, -0.15) is 0 Å². The normalized spacial score (nSPS) is 21.5. The zero-order valence-electron chi connectivity index (χ0n) is 12.3. The summed E-state index contributed by atoms with van der Waals surface area (Å²) in [5.41, 5.74) is 0.631. The minimum Gasteiger partial charge on any atom is -0.353 e. The molecule has 0 radical (unpaired) electrons. The highest BCUT2D eigenvalue weighted by atomic mass is 35.5. The molecular formula is C16H22ClNO3. The summed E-state index contributed by atoms with van der Waals surface area (Å²) in [5, 5.41) is 2.93. The number of amides is 1. The van der Waals surface area contributed by atoms with E-state index in [1.54, 1.807) is 12.1 Å². The van der Waals surface area contributed by atoms with Crippen molar-refractivity contribution < 1.29 is 14.3 Å². The highest BCUT2D eigenvalue weighted by Crippen LogP contribution is 2.17. The number of rotatable bonds is 6. The van der Waals surface area contributed by atoms with Crippen LogP contribution in [-0.2, 0) is 9.47 Å². The van der Waals surface area contributed by atoms with E-state index >= 15 is 0 Å². The minimum absolute atomic E-state index is 0.119. The Balaban J connectivity index is 1.87. The maximum absolute atomic E-state index is 12.1. The number of hydrogen-bond donors (Lipinski definition) is 1. The minimum atomic E-state index is -0.262. The topological polar surface area (TPSA) is 47.6 Å². The van der Waals surface area contributed by atoms with E-state index in [9.17, 15) is 4.79 Å². The van der Waals surface area contributed by atoms with Crippen LogP contribution >= 0.6 is 11.6 Å². The smallest absolute Gasteiger partial charge is 0.251 e. The summed E-state index contributed by atoms with van der Waals surface area (Å²) in [6.45, 7) is 2.63. The number of nitrogens with one attached hydrogen (secondary N) is 1. The van der Waals surface area contributed by atoms with Crippen LogP contribution in [0.15, 0.2) is 30.3 Å². The number of halogens is 1. The highest BCUT2D eigenvalue weighted by molar-refractivity contribution is 6.18. The lowest BCUT2D eigenvalue weighted by Gasteiger charge is -2.30. The number of alkyl halides is 1. The Morgan fingerprint density at radius 1 is 1.43 bits per heavy atom. The maximum atomic E-state index is 12.1. The first kappa shape index (κ1) is 16.3. The fraction of sp³-hybridized carbons (Fsp3) is 0.562. The summed E-state index contributed by atoms with van der Waals surface area (Å²) in [4.78, 5) is 12.1.